The molecule has 6 nitrogen and oxygen atoms in total. The van der Waals surface area contributed by atoms with Crippen molar-refractivity contribution in [3.05, 3.63) is 55.1 Å². The Balaban J connectivity index is 0.000000690. The van der Waals surface area contributed by atoms with Crippen LogP contribution in [0.4, 0.5) is 0 Å². The zero-order valence-electron chi connectivity index (χ0n) is 11.4. The third kappa shape index (κ3) is 9.92. The smallest absolute Gasteiger partial charge is 0.331 e. The van der Waals surface area contributed by atoms with Crippen molar-refractivity contribution in [3.63, 3.8) is 0 Å². The van der Waals surface area contributed by atoms with Gasteiger partial charge < -0.3 is 20.1 Å². The summed E-state index contributed by atoms with van der Waals surface area (Å²) in [5, 5.41) is 25.6. The molecule has 1 aromatic rings. The summed E-state index contributed by atoms with van der Waals surface area (Å²) in [6.07, 6.45) is -0.0221. The molecule has 0 saturated carbocycles. The van der Waals surface area contributed by atoms with E-state index in [9.17, 15) is 14.7 Å². The van der Waals surface area contributed by atoms with Crippen LogP contribution in [-0.4, -0.2) is 40.0 Å². The molecule has 0 heterocycles. The van der Waals surface area contributed by atoms with Crippen LogP contribution in [0, 0.1) is 0 Å². The Morgan fingerprint density at radius 3 is 2.19 bits per heavy atom. The second kappa shape index (κ2) is 10.2. The van der Waals surface area contributed by atoms with Gasteiger partial charge >= 0.3 is 11.9 Å². The van der Waals surface area contributed by atoms with E-state index >= 15 is 0 Å². The molecular weight excluding hydrogens is 276 g/mol. The highest BCUT2D eigenvalue weighted by Gasteiger charge is 2.11. The minimum absolute atomic E-state index is 0.00215. The van der Waals surface area contributed by atoms with Crippen molar-refractivity contribution in [2.24, 2.45) is 0 Å². The molecule has 1 aromatic carbocycles. The summed E-state index contributed by atoms with van der Waals surface area (Å²) in [6.45, 7) is 6.35. The number of carboxylic acid groups (broad SMARTS) is 2. The van der Waals surface area contributed by atoms with Crippen LogP contribution >= 0.6 is 0 Å². The lowest BCUT2D eigenvalue weighted by Gasteiger charge is -2.11. The van der Waals surface area contributed by atoms with Gasteiger partial charge in [-0.25, -0.2) is 9.59 Å². The second-order valence-corrected chi connectivity index (χ2v) is 3.93. The Hall–Kier alpha value is -2.60. The molecule has 0 aliphatic carbocycles. The number of hydrogen-bond donors (Lipinski definition) is 3. The molecule has 1 unspecified atom stereocenters. The standard InChI is InChI=1S/C12H14O4.C3H4O2/c1-9(12(14)15)7-10(13)8-16-11-5-3-2-4-6-11;1-2-3(4)5/h2-6,10,13H,1,7-8H2,(H,14,15);2H,1H2,(H,4,5). The van der Waals surface area contributed by atoms with Crippen molar-refractivity contribution >= 4 is 11.9 Å². The quantitative estimate of drug-likeness (QED) is 0.661. The molecule has 6 heteroatoms. The largest absolute Gasteiger partial charge is 0.491 e. The van der Waals surface area contributed by atoms with Crippen LogP contribution in [0.15, 0.2) is 55.1 Å². The normalized spacial score (nSPS) is 10.5. The van der Waals surface area contributed by atoms with E-state index in [1.807, 2.05) is 18.2 Å². The molecular formula is C15H18O6. The van der Waals surface area contributed by atoms with Crippen LogP contribution < -0.4 is 4.74 Å². The molecule has 0 amide bonds. The van der Waals surface area contributed by atoms with E-state index in [0.29, 0.717) is 5.75 Å². The van der Waals surface area contributed by atoms with Gasteiger partial charge in [-0.2, -0.15) is 0 Å². The maximum Gasteiger partial charge on any atom is 0.331 e. The maximum absolute atomic E-state index is 10.5. The van der Waals surface area contributed by atoms with Gasteiger partial charge in [0.25, 0.3) is 0 Å². The zero-order valence-corrected chi connectivity index (χ0v) is 11.4. The van der Waals surface area contributed by atoms with Gasteiger partial charge in [-0.15, -0.1) is 0 Å². The van der Waals surface area contributed by atoms with Crippen LogP contribution in [-0.2, 0) is 9.59 Å². The summed E-state index contributed by atoms with van der Waals surface area (Å²) in [5.41, 5.74) is -0.0239. The molecule has 0 spiro atoms. The Morgan fingerprint density at radius 2 is 1.76 bits per heavy atom. The number of rotatable bonds is 7. The predicted molar refractivity (Wildman–Crippen MR) is 77.2 cm³/mol. The maximum atomic E-state index is 10.5. The molecule has 114 valence electrons. The van der Waals surface area contributed by atoms with Crippen LogP contribution in [0.1, 0.15) is 6.42 Å². The fraction of sp³-hybridized carbons (Fsp3) is 0.200. The molecule has 0 bridgehead atoms. The third-order valence-corrected chi connectivity index (χ3v) is 2.14. The monoisotopic (exact) mass is 294 g/mol. The van der Waals surface area contributed by atoms with E-state index in [4.69, 9.17) is 14.9 Å². The first-order valence-electron chi connectivity index (χ1n) is 5.99. The lowest BCUT2D eigenvalue weighted by molar-refractivity contribution is -0.133. The van der Waals surface area contributed by atoms with E-state index in [-0.39, 0.29) is 18.6 Å². The molecule has 0 aliphatic heterocycles. The summed E-state index contributed by atoms with van der Waals surface area (Å²) in [4.78, 5) is 19.7. The lowest BCUT2D eigenvalue weighted by atomic mass is 10.1. The predicted octanol–water partition coefficient (Wildman–Crippen LogP) is 1.71. The van der Waals surface area contributed by atoms with Crippen molar-refractivity contribution in [2.75, 3.05) is 6.61 Å². The number of hydrogen-bond acceptors (Lipinski definition) is 4. The van der Waals surface area contributed by atoms with Gasteiger partial charge in [-0.05, 0) is 12.1 Å². The van der Waals surface area contributed by atoms with Gasteiger partial charge in [0.1, 0.15) is 12.4 Å². The fourth-order valence-electron chi connectivity index (χ4n) is 1.14. The van der Waals surface area contributed by atoms with Gasteiger partial charge in [0.05, 0.1) is 6.10 Å². The number of aliphatic hydroxyl groups excluding tert-OH is 1. The molecule has 0 aromatic heterocycles. The highest BCUT2D eigenvalue weighted by atomic mass is 16.5. The average Bonchev–Trinajstić information content (AvgIpc) is 2.46. The average molecular weight is 294 g/mol. The van der Waals surface area contributed by atoms with Gasteiger partial charge in [0, 0.05) is 18.1 Å². The highest BCUT2D eigenvalue weighted by molar-refractivity contribution is 5.85. The van der Waals surface area contributed by atoms with Crippen molar-refractivity contribution in [3.8, 4) is 5.75 Å². The molecule has 0 fully saturated rings. The molecule has 1 atom stereocenters. The number of ether oxygens (including phenoxy) is 1. The minimum atomic E-state index is -1.10. The lowest BCUT2D eigenvalue weighted by Crippen LogP contribution is -2.19. The van der Waals surface area contributed by atoms with Crippen LogP contribution in [0.5, 0.6) is 5.75 Å². The van der Waals surface area contributed by atoms with Crippen molar-refractivity contribution < 1.29 is 29.6 Å². The van der Waals surface area contributed by atoms with E-state index < -0.39 is 18.0 Å². The first-order chi connectivity index (χ1) is 9.86. The number of carboxylic acids is 2. The summed E-state index contributed by atoms with van der Waals surface area (Å²) >= 11 is 0. The Kier molecular flexibility index (Phi) is 8.95. The van der Waals surface area contributed by atoms with E-state index in [1.54, 1.807) is 12.1 Å². The Bertz CT molecular complexity index is 480. The van der Waals surface area contributed by atoms with E-state index in [0.717, 1.165) is 6.08 Å². The number of carbonyl (C=O) groups is 2. The summed E-state index contributed by atoms with van der Waals surface area (Å²) in [6, 6.07) is 9.02. The van der Waals surface area contributed by atoms with Crippen LogP contribution in [0.25, 0.3) is 0 Å². The topological polar surface area (TPSA) is 104 Å². The van der Waals surface area contributed by atoms with Crippen LogP contribution in [0.3, 0.4) is 0 Å². The second-order valence-electron chi connectivity index (χ2n) is 3.93. The minimum Gasteiger partial charge on any atom is -0.491 e. The summed E-state index contributed by atoms with van der Waals surface area (Å²) in [7, 11) is 0. The fourth-order valence-corrected chi connectivity index (χ4v) is 1.14. The third-order valence-electron chi connectivity index (χ3n) is 2.14. The number of para-hydroxylation sites is 1. The Morgan fingerprint density at radius 1 is 1.24 bits per heavy atom. The molecule has 0 radical (unpaired) electrons. The number of aliphatic hydroxyl groups is 1. The van der Waals surface area contributed by atoms with Crippen molar-refractivity contribution in [1.29, 1.82) is 0 Å². The number of aliphatic carboxylic acids is 2. The number of benzene rings is 1. The van der Waals surface area contributed by atoms with Gasteiger partial charge in [0.2, 0.25) is 0 Å². The van der Waals surface area contributed by atoms with Gasteiger partial charge in [-0.1, -0.05) is 31.4 Å². The van der Waals surface area contributed by atoms with Crippen molar-refractivity contribution in [1.82, 2.24) is 0 Å². The molecule has 21 heavy (non-hydrogen) atoms. The first-order valence-corrected chi connectivity index (χ1v) is 5.99. The van der Waals surface area contributed by atoms with Crippen molar-refractivity contribution in [2.45, 2.75) is 12.5 Å². The SMILES string of the molecule is C=C(CC(O)COc1ccccc1)C(=O)O.C=CC(=O)O. The van der Waals surface area contributed by atoms with Gasteiger partial charge in [0.15, 0.2) is 0 Å². The zero-order chi connectivity index (χ0) is 16.3. The summed E-state index contributed by atoms with van der Waals surface area (Å²) < 4.78 is 5.26. The first kappa shape index (κ1) is 18.4. The van der Waals surface area contributed by atoms with Gasteiger partial charge in [-0.3, -0.25) is 0 Å². The van der Waals surface area contributed by atoms with E-state index in [1.165, 1.54) is 0 Å². The molecule has 0 saturated heterocycles. The molecule has 0 aliphatic rings. The molecule has 3 N–H and O–H groups in total. The molecule has 1 rings (SSSR count). The summed E-state index contributed by atoms with van der Waals surface area (Å²) in [5.74, 6) is -1.44. The van der Waals surface area contributed by atoms with Crippen LogP contribution in [0.2, 0.25) is 0 Å². The highest BCUT2D eigenvalue weighted by Crippen LogP contribution is 2.10. The van der Waals surface area contributed by atoms with E-state index in [2.05, 4.69) is 13.2 Å². The Labute approximate surface area is 122 Å².